The van der Waals surface area contributed by atoms with Crippen LogP contribution in [0.25, 0.3) is 34.3 Å². The van der Waals surface area contributed by atoms with Crippen LogP contribution in [-0.2, 0) is 0 Å². The maximum Gasteiger partial charge on any atom is 0.227 e. The molecule has 0 amide bonds. The second-order valence-electron chi connectivity index (χ2n) is 4.85. The fraction of sp³-hybridized carbons (Fsp3) is 0. The van der Waals surface area contributed by atoms with Gasteiger partial charge in [-0.1, -0.05) is 23.7 Å². The smallest absolute Gasteiger partial charge is 0.227 e. The number of H-pyrrole nitrogens is 1. The fourth-order valence-electron chi connectivity index (χ4n) is 2.32. The Balaban J connectivity index is 1.94. The van der Waals surface area contributed by atoms with E-state index in [9.17, 15) is 0 Å². The number of halogens is 1. The van der Waals surface area contributed by atoms with Crippen LogP contribution in [0.3, 0.4) is 0 Å². The fourth-order valence-corrected chi connectivity index (χ4v) is 2.54. The molecule has 4 rings (SSSR count). The van der Waals surface area contributed by atoms with Crippen molar-refractivity contribution < 1.29 is 4.42 Å². The van der Waals surface area contributed by atoms with Crippen molar-refractivity contribution in [2.45, 2.75) is 0 Å². The van der Waals surface area contributed by atoms with Gasteiger partial charge in [-0.15, -0.1) is 0 Å². The Hall–Kier alpha value is -2.92. The third-order valence-corrected chi connectivity index (χ3v) is 3.73. The number of oxazole rings is 1. The molecule has 0 saturated heterocycles. The van der Waals surface area contributed by atoms with Gasteiger partial charge in [-0.2, -0.15) is 0 Å². The number of hydrogen-bond donors (Lipinski definition) is 1. The van der Waals surface area contributed by atoms with Crippen molar-refractivity contribution in [1.82, 2.24) is 19.9 Å². The maximum atomic E-state index is 6.32. The largest absolute Gasteiger partial charge is 0.435 e. The van der Waals surface area contributed by atoms with Gasteiger partial charge in [0.25, 0.3) is 0 Å². The first-order chi connectivity index (χ1) is 11.3. The van der Waals surface area contributed by atoms with Gasteiger partial charge in [0.1, 0.15) is 0 Å². The quantitative estimate of drug-likeness (QED) is 0.605. The summed E-state index contributed by atoms with van der Waals surface area (Å²) in [6.07, 6.45) is 6.81. The molecule has 0 aliphatic carbocycles. The summed E-state index contributed by atoms with van der Waals surface area (Å²) < 4.78 is 6.01. The van der Waals surface area contributed by atoms with Crippen molar-refractivity contribution in [2.75, 3.05) is 0 Å². The van der Waals surface area contributed by atoms with Gasteiger partial charge in [-0.05, 0) is 24.3 Å². The molecule has 1 N–H and O–H groups in total. The topological polar surface area (TPSA) is 67.6 Å². The first-order valence-corrected chi connectivity index (χ1v) is 7.36. The van der Waals surface area contributed by atoms with Gasteiger partial charge in [-0.3, -0.25) is 4.98 Å². The van der Waals surface area contributed by atoms with Crippen LogP contribution in [0, 0.1) is 0 Å². The molecular weight excluding hydrogens is 312 g/mol. The molecule has 0 atom stereocenters. The molecule has 5 nitrogen and oxygen atoms in total. The highest BCUT2D eigenvalue weighted by Crippen LogP contribution is 2.37. The number of aromatic amines is 1. The summed E-state index contributed by atoms with van der Waals surface area (Å²) in [7, 11) is 0. The van der Waals surface area contributed by atoms with E-state index < -0.39 is 0 Å². The van der Waals surface area contributed by atoms with E-state index in [1.165, 1.54) is 0 Å². The maximum absolute atomic E-state index is 6.32. The standard InChI is InChI=1S/C17H11ClN4O/c18-13-4-2-1-3-12(13)15-14(16-20-9-10-21-16)22-17(23-15)11-5-7-19-8-6-11/h1-10H,(H,20,21). The van der Waals surface area contributed by atoms with Gasteiger partial charge >= 0.3 is 0 Å². The van der Waals surface area contributed by atoms with Crippen molar-refractivity contribution in [3.63, 3.8) is 0 Å². The minimum atomic E-state index is 0.494. The molecule has 0 aliphatic heterocycles. The second kappa shape index (κ2) is 5.70. The predicted octanol–water partition coefficient (Wildman–Crippen LogP) is 4.45. The first-order valence-electron chi connectivity index (χ1n) is 6.99. The monoisotopic (exact) mass is 322 g/mol. The van der Waals surface area contributed by atoms with E-state index in [4.69, 9.17) is 16.0 Å². The van der Waals surface area contributed by atoms with Crippen LogP contribution >= 0.6 is 11.6 Å². The average molecular weight is 323 g/mol. The third-order valence-electron chi connectivity index (χ3n) is 3.40. The van der Waals surface area contributed by atoms with Gasteiger partial charge in [0, 0.05) is 35.9 Å². The highest BCUT2D eigenvalue weighted by atomic mass is 35.5. The molecule has 1 aromatic carbocycles. The number of imidazole rings is 1. The van der Waals surface area contributed by atoms with E-state index in [0.29, 0.717) is 28.2 Å². The number of aromatic nitrogens is 4. The molecule has 0 bridgehead atoms. The molecule has 0 fully saturated rings. The van der Waals surface area contributed by atoms with E-state index >= 15 is 0 Å². The zero-order valence-electron chi connectivity index (χ0n) is 11.9. The van der Waals surface area contributed by atoms with Crippen molar-refractivity contribution in [3.8, 4) is 34.3 Å². The third kappa shape index (κ3) is 2.51. The van der Waals surface area contributed by atoms with Crippen molar-refractivity contribution in [2.24, 2.45) is 0 Å². The van der Waals surface area contributed by atoms with Crippen LogP contribution in [0.2, 0.25) is 5.02 Å². The van der Waals surface area contributed by atoms with Crippen LogP contribution in [0.15, 0.2) is 65.6 Å². The van der Waals surface area contributed by atoms with Crippen LogP contribution in [-0.4, -0.2) is 19.9 Å². The van der Waals surface area contributed by atoms with Gasteiger partial charge in [-0.25, -0.2) is 9.97 Å². The lowest BCUT2D eigenvalue weighted by atomic mass is 10.1. The lowest BCUT2D eigenvalue weighted by molar-refractivity contribution is 0.589. The Morgan fingerprint density at radius 3 is 2.57 bits per heavy atom. The van der Waals surface area contributed by atoms with E-state index in [1.54, 1.807) is 24.8 Å². The van der Waals surface area contributed by atoms with Gasteiger partial charge in [0.2, 0.25) is 5.89 Å². The number of pyridine rings is 1. The molecule has 0 radical (unpaired) electrons. The molecule has 3 aromatic heterocycles. The molecule has 4 aromatic rings. The molecule has 112 valence electrons. The number of hydrogen-bond acceptors (Lipinski definition) is 4. The lowest BCUT2D eigenvalue weighted by Crippen LogP contribution is -1.85. The highest BCUT2D eigenvalue weighted by Gasteiger charge is 2.21. The summed E-state index contributed by atoms with van der Waals surface area (Å²) in [6, 6.07) is 11.2. The molecule has 23 heavy (non-hydrogen) atoms. The van der Waals surface area contributed by atoms with E-state index in [1.807, 2.05) is 36.4 Å². The Bertz CT molecular complexity index is 932. The number of rotatable bonds is 3. The van der Waals surface area contributed by atoms with Gasteiger partial charge < -0.3 is 9.40 Å². The Labute approximate surface area is 137 Å². The molecule has 0 saturated carbocycles. The summed E-state index contributed by atoms with van der Waals surface area (Å²) >= 11 is 6.32. The van der Waals surface area contributed by atoms with Crippen molar-refractivity contribution >= 4 is 11.6 Å². The zero-order valence-corrected chi connectivity index (χ0v) is 12.7. The van der Waals surface area contributed by atoms with Gasteiger partial charge in [0.15, 0.2) is 17.3 Å². The number of nitrogens with one attached hydrogen (secondary N) is 1. The van der Waals surface area contributed by atoms with Crippen LogP contribution in [0.1, 0.15) is 0 Å². The average Bonchev–Trinajstić information content (AvgIpc) is 3.25. The summed E-state index contributed by atoms with van der Waals surface area (Å²) in [5.41, 5.74) is 2.23. The van der Waals surface area contributed by atoms with Crippen LogP contribution in [0.5, 0.6) is 0 Å². The highest BCUT2D eigenvalue weighted by molar-refractivity contribution is 6.33. The van der Waals surface area contributed by atoms with Crippen molar-refractivity contribution in [3.05, 3.63) is 66.2 Å². The summed E-state index contributed by atoms with van der Waals surface area (Å²) in [5.74, 6) is 1.70. The van der Waals surface area contributed by atoms with E-state index in [2.05, 4.69) is 19.9 Å². The SMILES string of the molecule is Clc1ccccc1-c1oc(-c2ccncc2)nc1-c1ncc[nH]1. The minimum Gasteiger partial charge on any atom is -0.435 e. The normalized spacial score (nSPS) is 10.8. The number of nitrogens with zero attached hydrogens (tertiary/aromatic N) is 3. The van der Waals surface area contributed by atoms with Crippen LogP contribution in [0.4, 0.5) is 0 Å². The molecule has 3 heterocycles. The Morgan fingerprint density at radius 2 is 1.83 bits per heavy atom. The molecule has 0 spiro atoms. The summed E-state index contributed by atoms with van der Waals surface area (Å²) in [5, 5.41) is 0.595. The zero-order chi connectivity index (χ0) is 15.6. The number of benzene rings is 1. The molecule has 6 heteroatoms. The Morgan fingerprint density at radius 1 is 1.00 bits per heavy atom. The predicted molar refractivity (Wildman–Crippen MR) is 87.8 cm³/mol. The second-order valence-corrected chi connectivity index (χ2v) is 5.26. The van der Waals surface area contributed by atoms with Crippen molar-refractivity contribution in [1.29, 1.82) is 0 Å². The minimum absolute atomic E-state index is 0.494. The molecular formula is C17H11ClN4O. The van der Waals surface area contributed by atoms with Gasteiger partial charge in [0.05, 0.1) is 5.02 Å². The van der Waals surface area contributed by atoms with E-state index in [0.717, 1.165) is 11.1 Å². The van der Waals surface area contributed by atoms with E-state index in [-0.39, 0.29) is 0 Å². The lowest BCUT2D eigenvalue weighted by Gasteiger charge is -2.01. The Kier molecular flexibility index (Phi) is 3.40. The summed E-state index contributed by atoms with van der Waals surface area (Å²) in [4.78, 5) is 15.9. The first kappa shape index (κ1) is 13.7. The van der Waals surface area contributed by atoms with Crippen LogP contribution < -0.4 is 0 Å². The molecule has 0 aliphatic rings. The summed E-state index contributed by atoms with van der Waals surface area (Å²) in [6.45, 7) is 0. The molecule has 0 unspecified atom stereocenters.